The van der Waals surface area contributed by atoms with Crippen molar-refractivity contribution in [3.63, 3.8) is 0 Å². The zero-order valence-electron chi connectivity index (χ0n) is 19.2. The monoisotopic (exact) mass is 467 g/mol. The molecule has 7 heteroatoms. The van der Waals surface area contributed by atoms with Gasteiger partial charge in [0.1, 0.15) is 11.5 Å². The van der Waals surface area contributed by atoms with Gasteiger partial charge in [-0.25, -0.2) is 4.79 Å². The third kappa shape index (κ3) is 3.44. The average Bonchev–Trinajstić information content (AvgIpc) is 3.57. The Labute approximate surface area is 201 Å². The van der Waals surface area contributed by atoms with Gasteiger partial charge < -0.3 is 23.5 Å². The van der Waals surface area contributed by atoms with Gasteiger partial charge in [-0.1, -0.05) is 18.2 Å². The molecule has 0 spiro atoms. The van der Waals surface area contributed by atoms with E-state index in [4.69, 9.17) is 18.9 Å². The molecule has 0 aliphatic carbocycles. The maximum Gasteiger partial charge on any atom is 0.343 e. The zero-order valence-corrected chi connectivity index (χ0v) is 19.2. The lowest BCUT2D eigenvalue weighted by atomic mass is 10.1. The number of esters is 1. The van der Waals surface area contributed by atoms with Crippen LogP contribution in [-0.2, 0) is 6.54 Å². The van der Waals surface area contributed by atoms with Crippen LogP contribution in [0.5, 0.6) is 23.0 Å². The predicted molar refractivity (Wildman–Crippen MR) is 129 cm³/mol. The first kappa shape index (κ1) is 21.0. The van der Waals surface area contributed by atoms with Gasteiger partial charge >= 0.3 is 5.97 Å². The van der Waals surface area contributed by atoms with Crippen molar-refractivity contribution in [3.05, 3.63) is 88.8 Å². The molecule has 3 heterocycles. The number of fused-ring (bicyclic) bond motifs is 3. The summed E-state index contributed by atoms with van der Waals surface area (Å²) >= 11 is 0. The van der Waals surface area contributed by atoms with Crippen molar-refractivity contribution in [2.24, 2.45) is 0 Å². The van der Waals surface area contributed by atoms with Crippen LogP contribution >= 0.6 is 0 Å². The first-order chi connectivity index (χ1) is 17.0. The highest BCUT2D eigenvalue weighted by Crippen LogP contribution is 2.40. The van der Waals surface area contributed by atoms with Crippen LogP contribution in [-0.4, -0.2) is 23.1 Å². The largest absolute Gasteiger partial charge is 0.454 e. The number of ketones is 1. The zero-order chi connectivity index (χ0) is 24.1. The number of benzene rings is 3. The molecule has 2 aliphatic rings. The Morgan fingerprint density at radius 2 is 1.91 bits per heavy atom. The number of carbonyl (C=O) groups excluding carboxylic acids is 2. The fourth-order valence-corrected chi connectivity index (χ4v) is 4.45. The second kappa shape index (κ2) is 8.06. The van der Waals surface area contributed by atoms with Crippen molar-refractivity contribution in [3.8, 4) is 23.0 Å². The van der Waals surface area contributed by atoms with Gasteiger partial charge in [-0.15, -0.1) is 0 Å². The Hall–Kier alpha value is -4.52. The van der Waals surface area contributed by atoms with E-state index in [-0.39, 0.29) is 18.3 Å². The molecule has 0 unspecified atom stereocenters. The highest BCUT2D eigenvalue weighted by molar-refractivity contribution is 6.15. The Kier molecular flexibility index (Phi) is 4.84. The van der Waals surface area contributed by atoms with Crippen molar-refractivity contribution in [2.45, 2.75) is 20.4 Å². The molecule has 35 heavy (non-hydrogen) atoms. The van der Waals surface area contributed by atoms with Crippen molar-refractivity contribution < 1.29 is 28.5 Å². The molecule has 0 N–H and O–H groups in total. The van der Waals surface area contributed by atoms with Gasteiger partial charge in [0.25, 0.3) is 0 Å². The highest BCUT2D eigenvalue weighted by atomic mass is 16.7. The number of rotatable bonds is 4. The molecule has 4 aromatic rings. The molecule has 0 fully saturated rings. The summed E-state index contributed by atoms with van der Waals surface area (Å²) in [6.07, 6.45) is 3.79. The number of para-hydroxylation sites is 1. The van der Waals surface area contributed by atoms with E-state index in [9.17, 15) is 9.59 Å². The van der Waals surface area contributed by atoms with Crippen molar-refractivity contribution in [2.75, 3.05) is 6.79 Å². The fourth-order valence-electron chi connectivity index (χ4n) is 4.45. The predicted octanol–water partition coefficient (Wildman–Crippen LogP) is 5.53. The molecule has 0 radical (unpaired) electrons. The SMILES string of the molecule is CCn1cc(/C=C2\Oc3c(ccc(OC(=O)c4ccc5c(c4)OCO5)c3C)C2=O)c2ccccc21. The normalized spacial score (nSPS) is 14.9. The molecule has 0 saturated heterocycles. The third-order valence-corrected chi connectivity index (χ3v) is 6.29. The summed E-state index contributed by atoms with van der Waals surface area (Å²) in [5.74, 6) is 1.30. The lowest BCUT2D eigenvalue weighted by Gasteiger charge is -2.10. The van der Waals surface area contributed by atoms with Gasteiger partial charge in [0.2, 0.25) is 12.6 Å². The average molecular weight is 467 g/mol. The van der Waals surface area contributed by atoms with Crippen LogP contribution in [0.1, 0.15) is 38.8 Å². The number of hydrogen-bond donors (Lipinski definition) is 0. The summed E-state index contributed by atoms with van der Waals surface area (Å²) < 4.78 is 24.4. The maximum absolute atomic E-state index is 13.1. The summed E-state index contributed by atoms with van der Waals surface area (Å²) in [6.45, 7) is 4.78. The minimum atomic E-state index is -0.543. The lowest BCUT2D eigenvalue weighted by molar-refractivity contribution is 0.0732. The van der Waals surface area contributed by atoms with Crippen LogP contribution in [0.15, 0.2) is 66.6 Å². The fraction of sp³-hybridized carbons (Fsp3) is 0.143. The van der Waals surface area contributed by atoms with Gasteiger partial charge in [0.05, 0.1) is 11.1 Å². The van der Waals surface area contributed by atoms with Crippen molar-refractivity contribution in [1.29, 1.82) is 0 Å². The number of hydrogen-bond acceptors (Lipinski definition) is 6. The van der Waals surface area contributed by atoms with Crippen molar-refractivity contribution in [1.82, 2.24) is 4.57 Å². The van der Waals surface area contributed by atoms with Crippen LogP contribution < -0.4 is 18.9 Å². The molecule has 0 atom stereocenters. The van der Waals surface area contributed by atoms with E-state index in [1.165, 1.54) is 0 Å². The van der Waals surface area contributed by atoms with E-state index in [0.717, 1.165) is 23.0 Å². The van der Waals surface area contributed by atoms with Crippen LogP contribution in [0, 0.1) is 6.92 Å². The molecule has 7 nitrogen and oxygen atoms in total. The number of aryl methyl sites for hydroxylation is 1. The first-order valence-electron chi connectivity index (χ1n) is 11.3. The van der Waals surface area contributed by atoms with Crippen LogP contribution in [0.3, 0.4) is 0 Å². The molecule has 0 amide bonds. The number of nitrogens with zero attached hydrogens (tertiary/aromatic N) is 1. The summed E-state index contributed by atoms with van der Waals surface area (Å²) in [7, 11) is 0. The van der Waals surface area contributed by atoms with Gasteiger partial charge in [-0.05, 0) is 56.3 Å². The van der Waals surface area contributed by atoms with Crippen molar-refractivity contribution >= 4 is 28.7 Å². The van der Waals surface area contributed by atoms with E-state index >= 15 is 0 Å². The van der Waals surface area contributed by atoms with E-state index < -0.39 is 5.97 Å². The summed E-state index contributed by atoms with van der Waals surface area (Å²) in [4.78, 5) is 25.8. The Bertz CT molecular complexity index is 1560. The Morgan fingerprint density at radius 3 is 2.77 bits per heavy atom. The quantitative estimate of drug-likeness (QED) is 0.223. The summed E-state index contributed by atoms with van der Waals surface area (Å²) in [6, 6.07) is 16.2. The molecule has 0 saturated carbocycles. The number of allylic oxidation sites excluding steroid dienone is 1. The van der Waals surface area contributed by atoms with E-state index in [1.54, 1.807) is 43.3 Å². The summed E-state index contributed by atoms with van der Waals surface area (Å²) in [5, 5.41) is 1.05. The van der Waals surface area contributed by atoms with Gasteiger partial charge in [0, 0.05) is 34.8 Å². The maximum atomic E-state index is 13.1. The Morgan fingerprint density at radius 1 is 1.09 bits per heavy atom. The molecule has 6 rings (SSSR count). The minimum absolute atomic E-state index is 0.123. The van der Waals surface area contributed by atoms with Gasteiger partial charge in [-0.2, -0.15) is 0 Å². The highest BCUT2D eigenvalue weighted by Gasteiger charge is 2.31. The molecule has 0 bridgehead atoms. The van der Waals surface area contributed by atoms with E-state index in [1.807, 2.05) is 24.4 Å². The standard InChI is InChI=1S/C28H21NO6/c1-3-29-14-18(19-6-4-5-7-21(19)29)13-25-26(30)20-9-11-22(16(2)27(20)34-25)35-28(31)17-8-10-23-24(12-17)33-15-32-23/h4-14H,3,15H2,1-2H3/b25-13-. The topological polar surface area (TPSA) is 76.0 Å². The third-order valence-electron chi connectivity index (χ3n) is 6.29. The van der Waals surface area contributed by atoms with E-state index in [0.29, 0.717) is 39.7 Å². The Balaban J connectivity index is 1.29. The lowest BCUT2D eigenvalue weighted by Crippen LogP contribution is -2.09. The number of Topliss-reactive ketones (excluding diaryl/α,β-unsaturated/α-hetero) is 1. The number of carbonyl (C=O) groups is 2. The first-order valence-corrected chi connectivity index (χ1v) is 11.3. The molecule has 2 aliphatic heterocycles. The van der Waals surface area contributed by atoms with E-state index in [2.05, 4.69) is 17.6 Å². The smallest absolute Gasteiger partial charge is 0.343 e. The number of aromatic nitrogens is 1. The van der Waals surface area contributed by atoms with Crippen LogP contribution in [0.25, 0.3) is 17.0 Å². The summed E-state index contributed by atoms with van der Waals surface area (Å²) in [5.41, 5.74) is 3.35. The number of ether oxygens (including phenoxy) is 4. The van der Waals surface area contributed by atoms with Crippen LogP contribution in [0.2, 0.25) is 0 Å². The minimum Gasteiger partial charge on any atom is -0.454 e. The second-order valence-electron chi connectivity index (χ2n) is 8.35. The molecule has 3 aromatic carbocycles. The molecular formula is C28H21NO6. The molecular weight excluding hydrogens is 446 g/mol. The molecule has 1 aromatic heterocycles. The second-order valence-corrected chi connectivity index (χ2v) is 8.35. The van der Waals surface area contributed by atoms with Gasteiger partial charge in [0.15, 0.2) is 17.3 Å². The molecule has 174 valence electrons. The van der Waals surface area contributed by atoms with Gasteiger partial charge in [-0.3, -0.25) is 4.79 Å². The van der Waals surface area contributed by atoms with Crippen LogP contribution in [0.4, 0.5) is 0 Å².